The molecule has 0 amide bonds. The van der Waals surface area contributed by atoms with Crippen LogP contribution in [0.1, 0.15) is 11.3 Å². The molecular weight excluding hydrogens is 354 g/mol. The molecule has 3 rings (SSSR count). The highest BCUT2D eigenvalue weighted by Crippen LogP contribution is 2.31. The third-order valence-electron chi connectivity index (χ3n) is 3.52. The molecule has 8 nitrogen and oxygen atoms in total. The lowest BCUT2D eigenvalue weighted by atomic mass is 10.0. The van der Waals surface area contributed by atoms with E-state index in [-0.39, 0.29) is 9.92 Å². The van der Waals surface area contributed by atoms with Crippen molar-refractivity contribution in [3.05, 3.63) is 46.9 Å². The van der Waals surface area contributed by atoms with Crippen LogP contribution >= 0.6 is 11.6 Å². The number of halogens is 1. The molecule has 1 aromatic carbocycles. The van der Waals surface area contributed by atoms with E-state index >= 15 is 0 Å². The molecule has 0 saturated heterocycles. The number of aryl methyl sites for hydroxylation is 2. The lowest BCUT2D eigenvalue weighted by Gasteiger charge is -2.11. The topological polar surface area (TPSA) is 114 Å². The quantitative estimate of drug-likeness (QED) is 0.686. The van der Waals surface area contributed by atoms with Crippen LogP contribution in [0.4, 0.5) is 0 Å². The molecule has 2 N–H and O–H groups in total. The van der Waals surface area contributed by atoms with Gasteiger partial charge in [-0.25, -0.2) is 13.1 Å². The first kappa shape index (κ1) is 16.6. The monoisotopic (exact) mass is 367 g/mol. The molecule has 2 heterocycles. The standard InChI is InChI=1S/C14H14ClN5O3S/c1-16-24(21,22)13-8-11(14-17-19-20-18-14)9(7-12(13)15)4-5-10-3-2-6-23-10/h2-3,6-8,16H,4-5H2,1H3,(H,17,18,19,20). The zero-order valence-electron chi connectivity index (χ0n) is 12.7. The van der Waals surface area contributed by atoms with Crippen molar-refractivity contribution < 1.29 is 12.8 Å². The number of hydrogen-bond donors (Lipinski definition) is 2. The van der Waals surface area contributed by atoms with Crippen LogP contribution in [0, 0.1) is 0 Å². The Bertz CT molecular complexity index is 924. The summed E-state index contributed by atoms with van der Waals surface area (Å²) in [4.78, 5) is -0.0341. The van der Waals surface area contributed by atoms with Gasteiger partial charge in [0.05, 0.1) is 11.3 Å². The second-order valence-corrected chi connectivity index (χ2v) is 7.22. The lowest BCUT2D eigenvalue weighted by Crippen LogP contribution is -2.19. The fourth-order valence-electron chi connectivity index (χ4n) is 2.31. The normalized spacial score (nSPS) is 11.8. The van der Waals surface area contributed by atoms with E-state index in [4.69, 9.17) is 16.0 Å². The first-order valence-corrected chi connectivity index (χ1v) is 8.89. The molecule has 0 aliphatic carbocycles. The molecule has 0 radical (unpaired) electrons. The summed E-state index contributed by atoms with van der Waals surface area (Å²) in [5, 5.41) is 13.9. The molecule has 10 heteroatoms. The number of nitrogens with zero attached hydrogens (tertiary/aromatic N) is 3. The fourth-order valence-corrected chi connectivity index (χ4v) is 3.61. The minimum absolute atomic E-state index is 0.0341. The van der Waals surface area contributed by atoms with Gasteiger partial charge < -0.3 is 4.42 Å². The van der Waals surface area contributed by atoms with Crippen molar-refractivity contribution in [2.24, 2.45) is 0 Å². The van der Waals surface area contributed by atoms with E-state index < -0.39 is 10.0 Å². The number of sulfonamides is 1. The maximum absolute atomic E-state index is 12.1. The van der Waals surface area contributed by atoms with E-state index in [9.17, 15) is 8.42 Å². The summed E-state index contributed by atoms with van der Waals surface area (Å²) in [7, 11) is -2.38. The van der Waals surface area contributed by atoms with E-state index in [0.29, 0.717) is 24.2 Å². The second-order valence-electron chi connectivity index (χ2n) is 4.96. The zero-order valence-corrected chi connectivity index (χ0v) is 14.2. The molecule has 0 aliphatic heterocycles. The van der Waals surface area contributed by atoms with Gasteiger partial charge in [-0.2, -0.15) is 5.21 Å². The molecule has 0 fully saturated rings. The average Bonchev–Trinajstić information content (AvgIpc) is 3.26. The largest absolute Gasteiger partial charge is 0.469 e. The predicted octanol–water partition coefficient (Wildman–Crippen LogP) is 1.81. The molecule has 126 valence electrons. The van der Waals surface area contributed by atoms with Crippen molar-refractivity contribution >= 4 is 21.6 Å². The molecular formula is C14H14ClN5O3S. The van der Waals surface area contributed by atoms with E-state index in [1.807, 2.05) is 12.1 Å². The third-order valence-corrected chi connectivity index (χ3v) is 5.40. The van der Waals surface area contributed by atoms with Crippen LogP contribution in [-0.4, -0.2) is 36.1 Å². The summed E-state index contributed by atoms with van der Waals surface area (Å²) in [6.45, 7) is 0. The van der Waals surface area contributed by atoms with E-state index in [1.54, 1.807) is 12.3 Å². The van der Waals surface area contributed by atoms with Gasteiger partial charge in [-0.3, -0.25) is 0 Å². The Kier molecular flexibility index (Phi) is 4.65. The Hall–Kier alpha value is -2.23. The molecule has 0 bridgehead atoms. The van der Waals surface area contributed by atoms with Gasteiger partial charge in [0.15, 0.2) is 0 Å². The Morgan fingerprint density at radius 2 is 2.17 bits per heavy atom. The maximum Gasteiger partial charge on any atom is 0.241 e. The van der Waals surface area contributed by atoms with Crippen molar-refractivity contribution in [3.8, 4) is 11.4 Å². The highest BCUT2D eigenvalue weighted by atomic mass is 35.5. The van der Waals surface area contributed by atoms with Crippen LogP contribution in [0.2, 0.25) is 5.02 Å². The second kappa shape index (κ2) is 6.71. The number of tetrazole rings is 1. The van der Waals surface area contributed by atoms with Crippen LogP contribution in [0.25, 0.3) is 11.4 Å². The number of aromatic nitrogens is 4. The number of hydrogen-bond acceptors (Lipinski definition) is 6. The Balaban J connectivity index is 2.05. The van der Waals surface area contributed by atoms with E-state index in [2.05, 4.69) is 25.3 Å². The fraction of sp³-hybridized carbons (Fsp3) is 0.214. The predicted molar refractivity (Wildman–Crippen MR) is 87.0 cm³/mol. The highest BCUT2D eigenvalue weighted by molar-refractivity contribution is 7.89. The molecule has 0 saturated carbocycles. The summed E-state index contributed by atoms with van der Waals surface area (Å²) in [5.74, 6) is 1.12. The first-order valence-electron chi connectivity index (χ1n) is 7.03. The molecule has 0 atom stereocenters. The van der Waals surface area contributed by atoms with Crippen LogP contribution in [-0.2, 0) is 22.9 Å². The third kappa shape index (κ3) is 3.32. The minimum Gasteiger partial charge on any atom is -0.469 e. The number of aromatic amines is 1. The summed E-state index contributed by atoms with van der Waals surface area (Å²) in [6.07, 6.45) is 2.81. The van der Waals surface area contributed by atoms with Crippen molar-refractivity contribution in [2.75, 3.05) is 7.05 Å². The molecule has 24 heavy (non-hydrogen) atoms. The van der Waals surface area contributed by atoms with Crippen molar-refractivity contribution in [1.29, 1.82) is 0 Å². The Morgan fingerprint density at radius 1 is 1.33 bits per heavy atom. The van der Waals surface area contributed by atoms with Crippen molar-refractivity contribution in [1.82, 2.24) is 25.3 Å². The van der Waals surface area contributed by atoms with Crippen LogP contribution < -0.4 is 4.72 Å². The van der Waals surface area contributed by atoms with Crippen LogP contribution in [0.15, 0.2) is 39.8 Å². The Morgan fingerprint density at radius 3 is 2.79 bits per heavy atom. The van der Waals surface area contributed by atoms with Crippen molar-refractivity contribution in [3.63, 3.8) is 0 Å². The SMILES string of the molecule is CNS(=O)(=O)c1cc(-c2nn[nH]n2)c(CCc2ccco2)cc1Cl. The van der Waals surface area contributed by atoms with Gasteiger partial charge in [0.1, 0.15) is 10.7 Å². The van der Waals surface area contributed by atoms with Gasteiger partial charge in [0, 0.05) is 12.0 Å². The smallest absolute Gasteiger partial charge is 0.241 e. The van der Waals surface area contributed by atoms with Gasteiger partial charge in [-0.1, -0.05) is 11.6 Å². The van der Waals surface area contributed by atoms with E-state index in [1.165, 1.54) is 13.1 Å². The van der Waals surface area contributed by atoms with Gasteiger partial charge in [-0.15, -0.1) is 10.2 Å². The van der Waals surface area contributed by atoms with E-state index in [0.717, 1.165) is 11.3 Å². The molecule has 3 aromatic rings. The number of H-pyrrole nitrogens is 1. The average molecular weight is 368 g/mol. The number of rotatable bonds is 6. The zero-order chi connectivity index (χ0) is 17.2. The molecule has 0 unspecified atom stereocenters. The lowest BCUT2D eigenvalue weighted by molar-refractivity contribution is 0.508. The molecule has 0 spiro atoms. The van der Waals surface area contributed by atoms with Gasteiger partial charge in [0.2, 0.25) is 15.8 Å². The number of furan rings is 1. The van der Waals surface area contributed by atoms with Gasteiger partial charge in [-0.05, 0) is 48.5 Å². The summed E-state index contributed by atoms with van der Waals surface area (Å²) in [6, 6.07) is 6.75. The minimum atomic E-state index is -3.70. The first-order chi connectivity index (χ1) is 11.5. The summed E-state index contributed by atoms with van der Waals surface area (Å²) in [5.41, 5.74) is 1.35. The van der Waals surface area contributed by atoms with Crippen LogP contribution in [0.5, 0.6) is 0 Å². The van der Waals surface area contributed by atoms with Crippen molar-refractivity contribution in [2.45, 2.75) is 17.7 Å². The Labute approximate surface area is 143 Å². The summed E-state index contributed by atoms with van der Waals surface area (Å²) < 4.78 is 31.8. The summed E-state index contributed by atoms with van der Waals surface area (Å²) >= 11 is 6.18. The molecule has 0 aliphatic rings. The molecule has 2 aromatic heterocycles. The van der Waals surface area contributed by atoms with Gasteiger partial charge >= 0.3 is 0 Å². The maximum atomic E-state index is 12.1. The number of benzene rings is 1. The highest BCUT2D eigenvalue weighted by Gasteiger charge is 2.21. The number of nitrogens with one attached hydrogen (secondary N) is 2. The van der Waals surface area contributed by atoms with Gasteiger partial charge in [0.25, 0.3) is 0 Å². The van der Waals surface area contributed by atoms with Crippen LogP contribution in [0.3, 0.4) is 0 Å².